The van der Waals surface area contributed by atoms with E-state index in [-0.39, 0.29) is 6.04 Å². The number of rotatable bonds is 5. The zero-order chi connectivity index (χ0) is 11.7. The van der Waals surface area contributed by atoms with Crippen molar-refractivity contribution in [3.05, 3.63) is 0 Å². The molecule has 2 rings (SSSR count). The number of carbonyl (C=O) groups is 1. The van der Waals surface area contributed by atoms with Crippen LogP contribution in [0.2, 0.25) is 0 Å². The summed E-state index contributed by atoms with van der Waals surface area (Å²) in [5.74, 6) is -0.250. The van der Waals surface area contributed by atoms with E-state index in [4.69, 9.17) is 0 Å². The molecule has 0 aromatic carbocycles. The topological polar surface area (TPSA) is 43.8 Å². The van der Waals surface area contributed by atoms with Crippen LogP contribution in [0, 0.1) is 5.92 Å². The smallest absolute Gasteiger partial charge is 0.321 e. The average Bonchev–Trinajstić information content (AvgIpc) is 2.93. The fourth-order valence-electron chi connectivity index (χ4n) is 2.82. The lowest BCUT2D eigenvalue weighted by molar-refractivity contribution is -0.143. The van der Waals surface area contributed by atoms with Crippen molar-refractivity contribution >= 4 is 5.97 Å². The second-order valence-electron chi connectivity index (χ2n) is 5.34. The number of carboxylic acids is 1. The molecule has 1 aliphatic heterocycles. The summed E-state index contributed by atoms with van der Waals surface area (Å²) in [7, 11) is 4.10. The minimum absolute atomic E-state index is 0.256. The molecule has 2 atom stereocenters. The highest BCUT2D eigenvalue weighted by Gasteiger charge is 2.39. The molecule has 0 aromatic rings. The van der Waals surface area contributed by atoms with Gasteiger partial charge in [0, 0.05) is 12.6 Å². The Balaban J connectivity index is 1.89. The van der Waals surface area contributed by atoms with E-state index in [1.54, 1.807) is 0 Å². The standard InChI is InChI=1S/C12H22N2O2/c1-13-7-3-4-10(13)8-14(2)11(12(15)16)9-5-6-9/h9-11H,3-8H2,1-2H3,(H,15,16). The summed E-state index contributed by atoms with van der Waals surface area (Å²) >= 11 is 0. The highest BCUT2D eigenvalue weighted by molar-refractivity contribution is 5.74. The van der Waals surface area contributed by atoms with E-state index in [0.717, 1.165) is 25.9 Å². The van der Waals surface area contributed by atoms with Crippen molar-refractivity contribution in [2.24, 2.45) is 5.92 Å². The van der Waals surface area contributed by atoms with Crippen molar-refractivity contribution in [2.45, 2.75) is 37.8 Å². The van der Waals surface area contributed by atoms with Crippen LogP contribution >= 0.6 is 0 Å². The van der Waals surface area contributed by atoms with Gasteiger partial charge >= 0.3 is 5.97 Å². The van der Waals surface area contributed by atoms with Gasteiger partial charge in [-0.05, 0) is 52.2 Å². The van der Waals surface area contributed by atoms with E-state index in [2.05, 4.69) is 11.9 Å². The molecule has 1 heterocycles. The van der Waals surface area contributed by atoms with Gasteiger partial charge < -0.3 is 10.0 Å². The molecule has 16 heavy (non-hydrogen) atoms. The second-order valence-corrected chi connectivity index (χ2v) is 5.34. The third-order valence-corrected chi connectivity index (χ3v) is 3.97. The SMILES string of the molecule is CN1CCCC1CN(C)C(C(=O)O)C1CC1. The summed E-state index contributed by atoms with van der Waals surface area (Å²) in [5, 5.41) is 9.24. The van der Waals surface area contributed by atoms with E-state index < -0.39 is 5.97 Å². The number of aliphatic carboxylic acids is 1. The van der Waals surface area contributed by atoms with Crippen molar-refractivity contribution in [3.8, 4) is 0 Å². The largest absolute Gasteiger partial charge is 0.480 e. The fraction of sp³-hybridized carbons (Fsp3) is 0.917. The van der Waals surface area contributed by atoms with E-state index in [0.29, 0.717) is 12.0 Å². The zero-order valence-corrected chi connectivity index (χ0v) is 10.2. The van der Waals surface area contributed by atoms with Gasteiger partial charge in [0.05, 0.1) is 0 Å². The Labute approximate surface area is 97.2 Å². The summed E-state index contributed by atoms with van der Waals surface area (Å²) in [6.07, 6.45) is 4.62. The lowest BCUT2D eigenvalue weighted by atomic mass is 10.1. The van der Waals surface area contributed by atoms with E-state index >= 15 is 0 Å². The van der Waals surface area contributed by atoms with Gasteiger partial charge in [0.2, 0.25) is 0 Å². The Morgan fingerprint density at radius 2 is 2.19 bits per heavy atom. The van der Waals surface area contributed by atoms with E-state index in [9.17, 15) is 9.90 Å². The molecule has 0 radical (unpaired) electrons. The molecule has 2 unspecified atom stereocenters. The highest BCUT2D eigenvalue weighted by atomic mass is 16.4. The monoisotopic (exact) mass is 226 g/mol. The van der Waals surface area contributed by atoms with Gasteiger partial charge in [-0.2, -0.15) is 0 Å². The minimum atomic E-state index is -0.648. The van der Waals surface area contributed by atoms with Gasteiger partial charge in [-0.15, -0.1) is 0 Å². The predicted molar refractivity (Wildman–Crippen MR) is 62.4 cm³/mol. The maximum atomic E-state index is 11.2. The third-order valence-electron chi connectivity index (χ3n) is 3.97. The Bertz CT molecular complexity index is 266. The van der Waals surface area contributed by atoms with Crippen LogP contribution in [0.5, 0.6) is 0 Å². The molecule has 0 spiro atoms. The van der Waals surface area contributed by atoms with Gasteiger partial charge in [-0.25, -0.2) is 0 Å². The van der Waals surface area contributed by atoms with Gasteiger partial charge in [0.15, 0.2) is 0 Å². The van der Waals surface area contributed by atoms with Crippen LogP contribution in [0.3, 0.4) is 0 Å². The Morgan fingerprint density at radius 1 is 1.50 bits per heavy atom. The summed E-state index contributed by atoms with van der Waals surface area (Å²) in [5.41, 5.74) is 0. The van der Waals surface area contributed by atoms with Crippen molar-refractivity contribution in [1.29, 1.82) is 0 Å². The molecule has 1 saturated heterocycles. The summed E-state index contributed by atoms with van der Waals surface area (Å²) in [6, 6.07) is 0.291. The third kappa shape index (κ3) is 2.55. The second kappa shape index (κ2) is 4.72. The molecule has 1 N–H and O–H groups in total. The number of carboxylic acid groups (broad SMARTS) is 1. The zero-order valence-electron chi connectivity index (χ0n) is 10.2. The maximum absolute atomic E-state index is 11.2. The summed E-state index contributed by atoms with van der Waals surface area (Å²) < 4.78 is 0. The Hall–Kier alpha value is -0.610. The predicted octanol–water partition coefficient (Wildman–Crippen LogP) is 0.876. The van der Waals surface area contributed by atoms with Gasteiger partial charge in [0.1, 0.15) is 6.04 Å². The Kier molecular flexibility index (Phi) is 3.50. The Morgan fingerprint density at radius 3 is 2.62 bits per heavy atom. The molecule has 0 amide bonds. The molecule has 4 nitrogen and oxygen atoms in total. The molecule has 4 heteroatoms. The quantitative estimate of drug-likeness (QED) is 0.755. The number of hydrogen-bond acceptors (Lipinski definition) is 3. The van der Waals surface area contributed by atoms with E-state index in [1.165, 1.54) is 12.8 Å². The van der Waals surface area contributed by atoms with Gasteiger partial charge in [-0.3, -0.25) is 9.69 Å². The molecule has 2 aliphatic rings. The molecule has 2 fully saturated rings. The van der Waals surface area contributed by atoms with E-state index in [1.807, 2.05) is 11.9 Å². The average molecular weight is 226 g/mol. The summed E-state index contributed by atoms with van der Waals surface area (Å²) in [6.45, 7) is 2.05. The molecule has 0 bridgehead atoms. The van der Waals surface area contributed by atoms with Crippen molar-refractivity contribution in [3.63, 3.8) is 0 Å². The number of likely N-dealkylation sites (tertiary alicyclic amines) is 1. The molecule has 1 saturated carbocycles. The molecule has 92 valence electrons. The highest BCUT2D eigenvalue weighted by Crippen LogP contribution is 2.35. The van der Waals surface area contributed by atoms with Crippen LogP contribution < -0.4 is 0 Å². The molecule has 0 aromatic heterocycles. The van der Waals surface area contributed by atoms with Crippen LogP contribution in [-0.2, 0) is 4.79 Å². The molecular weight excluding hydrogens is 204 g/mol. The first-order valence-corrected chi connectivity index (χ1v) is 6.23. The lowest BCUT2D eigenvalue weighted by Crippen LogP contribution is -2.46. The number of nitrogens with zero attached hydrogens (tertiary/aromatic N) is 2. The first-order valence-electron chi connectivity index (χ1n) is 6.23. The molecule has 1 aliphatic carbocycles. The van der Waals surface area contributed by atoms with Crippen molar-refractivity contribution < 1.29 is 9.90 Å². The first-order chi connectivity index (χ1) is 7.59. The first kappa shape index (κ1) is 11.9. The van der Waals surface area contributed by atoms with Crippen molar-refractivity contribution in [1.82, 2.24) is 9.80 Å². The van der Waals surface area contributed by atoms with Crippen LogP contribution in [0.25, 0.3) is 0 Å². The van der Waals surface area contributed by atoms with Crippen LogP contribution in [-0.4, -0.2) is 60.1 Å². The van der Waals surface area contributed by atoms with Gasteiger partial charge in [0.25, 0.3) is 0 Å². The number of hydrogen-bond donors (Lipinski definition) is 1. The van der Waals surface area contributed by atoms with Crippen LogP contribution in [0.4, 0.5) is 0 Å². The fourth-order valence-corrected chi connectivity index (χ4v) is 2.82. The van der Waals surface area contributed by atoms with Crippen LogP contribution in [0.1, 0.15) is 25.7 Å². The maximum Gasteiger partial charge on any atom is 0.321 e. The van der Waals surface area contributed by atoms with Crippen molar-refractivity contribution in [2.75, 3.05) is 27.2 Å². The normalized spacial score (nSPS) is 28.6. The summed E-state index contributed by atoms with van der Waals surface area (Å²) in [4.78, 5) is 15.6. The van der Waals surface area contributed by atoms with Crippen LogP contribution in [0.15, 0.2) is 0 Å². The molecular formula is C12H22N2O2. The van der Waals surface area contributed by atoms with Gasteiger partial charge in [-0.1, -0.05) is 0 Å². The minimum Gasteiger partial charge on any atom is -0.480 e. The number of likely N-dealkylation sites (N-methyl/N-ethyl adjacent to an activating group) is 2. The lowest BCUT2D eigenvalue weighted by Gasteiger charge is -2.30.